The van der Waals surface area contributed by atoms with Crippen LogP contribution < -0.4 is 10.6 Å². The van der Waals surface area contributed by atoms with Gasteiger partial charge in [0, 0.05) is 12.7 Å². The molecule has 1 fully saturated rings. The van der Waals surface area contributed by atoms with Gasteiger partial charge in [-0.05, 0) is 31.5 Å². The summed E-state index contributed by atoms with van der Waals surface area (Å²) in [5, 5.41) is 10.2. The van der Waals surface area contributed by atoms with Gasteiger partial charge in [0.05, 0.1) is 11.6 Å². The second-order valence-corrected chi connectivity index (χ2v) is 4.75. The highest BCUT2D eigenvalue weighted by molar-refractivity contribution is 5.94. The number of amides is 1. The lowest BCUT2D eigenvalue weighted by Gasteiger charge is -2.22. The van der Waals surface area contributed by atoms with Gasteiger partial charge in [0.15, 0.2) is 5.82 Å². The van der Waals surface area contributed by atoms with Gasteiger partial charge in [0.2, 0.25) is 5.91 Å². The van der Waals surface area contributed by atoms with Crippen LogP contribution in [0, 0.1) is 5.92 Å². The molecule has 104 valence electrons. The molecule has 0 saturated carbocycles. The Labute approximate surface area is 116 Å². The summed E-state index contributed by atoms with van der Waals surface area (Å²) in [7, 11) is 0. The fourth-order valence-corrected chi connectivity index (χ4v) is 2.31. The van der Waals surface area contributed by atoms with E-state index in [1.54, 1.807) is 18.6 Å². The Kier molecular flexibility index (Phi) is 3.69. The Bertz CT molecular complexity index is 576. The van der Waals surface area contributed by atoms with E-state index in [2.05, 4.69) is 25.7 Å². The number of carbonyl (C=O) groups excluding carboxylic acids is 1. The van der Waals surface area contributed by atoms with Gasteiger partial charge < -0.3 is 10.6 Å². The molecule has 1 amide bonds. The molecule has 20 heavy (non-hydrogen) atoms. The zero-order valence-electron chi connectivity index (χ0n) is 11.0. The second kappa shape index (κ2) is 5.79. The van der Waals surface area contributed by atoms with Crippen LogP contribution in [0.25, 0.3) is 5.82 Å². The van der Waals surface area contributed by atoms with Crippen molar-refractivity contribution < 1.29 is 4.79 Å². The van der Waals surface area contributed by atoms with Crippen LogP contribution in [-0.2, 0) is 4.79 Å². The van der Waals surface area contributed by atoms with Gasteiger partial charge in [-0.3, -0.25) is 4.79 Å². The van der Waals surface area contributed by atoms with E-state index in [0.29, 0.717) is 11.5 Å². The minimum absolute atomic E-state index is 0.00699. The van der Waals surface area contributed by atoms with E-state index in [4.69, 9.17) is 0 Å². The SMILES string of the molecule is O=C(Nc1cccnc1-n1cncn1)[C@H]1CCCNC1. The Hall–Kier alpha value is -2.28. The van der Waals surface area contributed by atoms with Gasteiger partial charge in [-0.25, -0.2) is 14.6 Å². The monoisotopic (exact) mass is 272 g/mol. The number of nitrogens with zero attached hydrogens (tertiary/aromatic N) is 4. The summed E-state index contributed by atoms with van der Waals surface area (Å²) in [5.41, 5.74) is 0.647. The van der Waals surface area contributed by atoms with Crippen molar-refractivity contribution in [2.24, 2.45) is 5.92 Å². The summed E-state index contributed by atoms with van der Waals surface area (Å²) < 4.78 is 1.54. The molecule has 0 radical (unpaired) electrons. The number of hydrogen-bond acceptors (Lipinski definition) is 5. The van der Waals surface area contributed by atoms with Crippen LogP contribution >= 0.6 is 0 Å². The molecule has 0 aliphatic carbocycles. The molecule has 7 nitrogen and oxygen atoms in total. The fourth-order valence-electron chi connectivity index (χ4n) is 2.31. The molecule has 0 unspecified atom stereocenters. The van der Waals surface area contributed by atoms with Crippen LogP contribution in [0.4, 0.5) is 5.69 Å². The first-order valence-electron chi connectivity index (χ1n) is 6.66. The van der Waals surface area contributed by atoms with Crippen LogP contribution in [-0.4, -0.2) is 38.7 Å². The molecule has 1 atom stereocenters. The zero-order chi connectivity index (χ0) is 13.8. The molecule has 0 bridgehead atoms. The van der Waals surface area contributed by atoms with Crippen molar-refractivity contribution in [1.29, 1.82) is 0 Å². The third kappa shape index (κ3) is 2.67. The quantitative estimate of drug-likeness (QED) is 0.854. The molecule has 7 heteroatoms. The highest BCUT2D eigenvalue weighted by Crippen LogP contribution is 2.18. The minimum atomic E-state index is 0.00699. The molecule has 2 aromatic rings. The van der Waals surface area contributed by atoms with Crippen LogP contribution in [0.5, 0.6) is 0 Å². The van der Waals surface area contributed by atoms with Gasteiger partial charge >= 0.3 is 0 Å². The van der Waals surface area contributed by atoms with Gasteiger partial charge in [0.25, 0.3) is 0 Å². The summed E-state index contributed by atoms with van der Waals surface area (Å²) in [4.78, 5) is 20.4. The zero-order valence-corrected chi connectivity index (χ0v) is 11.0. The predicted molar refractivity (Wildman–Crippen MR) is 73.4 cm³/mol. The Morgan fingerprint density at radius 3 is 3.20 bits per heavy atom. The normalized spacial score (nSPS) is 18.7. The Balaban J connectivity index is 1.79. The molecule has 2 aromatic heterocycles. The molecule has 1 aliphatic rings. The molecule has 0 spiro atoms. The molecule has 1 saturated heterocycles. The van der Waals surface area contributed by atoms with Crippen molar-refractivity contribution in [1.82, 2.24) is 25.1 Å². The number of anilines is 1. The minimum Gasteiger partial charge on any atom is -0.323 e. The summed E-state index contributed by atoms with van der Waals surface area (Å²) in [6.07, 6.45) is 6.60. The average Bonchev–Trinajstić information content (AvgIpc) is 3.03. The van der Waals surface area contributed by atoms with E-state index in [1.165, 1.54) is 11.0 Å². The maximum absolute atomic E-state index is 12.3. The van der Waals surface area contributed by atoms with Crippen molar-refractivity contribution in [3.8, 4) is 5.82 Å². The van der Waals surface area contributed by atoms with Gasteiger partial charge in [-0.1, -0.05) is 0 Å². The molecule has 1 aliphatic heterocycles. The first kappa shape index (κ1) is 12.7. The van der Waals surface area contributed by atoms with Gasteiger partial charge in [-0.15, -0.1) is 0 Å². The summed E-state index contributed by atoms with van der Waals surface area (Å²) in [6, 6.07) is 3.60. The van der Waals surface area contributed by atoms with E-state index < -0.39 is 0 Å². The lowest BCUT2D eigenvalue weighted by atomic mass is 9.99. The highest BCUT2D eigenvalue weighted by Gasteiger charge is 2.22. The molecule has 0 aromatic carbocycles. The smallest absolute Gasteiger partial charge is 0.228 e. The largest absolute Gasteiger partial charge is 0.323 e. The predicted octanol–water partition coefficient (Wildman–Crippen LogP) is 0.600. The maximum atomic E-state index is 12.3. The fraction of sp³-hybridized carbons (Fsp3) is 0.385. The van der Waals surface area contributed by atoms with Crippen LogP contribution in [0.15, 0.2) is 31.0 Å². The molecular weight excluding hydrogens is 256 g/mol. The Morgan fingerprint density at radius 2 is 2.45 bits per heavy atom. The van der Waals surface area contributed by atoms with Crippen molar-refractivity contribution in [2.45, 2.75) is 12.8 Å². The first-order chi connectivity index (χ1) is 9.84. The summed E-state index contributed by atoms with van der Waals surface area (Å²) in [5.74, 6) is 0.598. The lowest BCUT2D eigenvalue weighted by molar-refractivity contribution is -0.120. The molecule has 3 heterocycles. The number of hydrogen-bond donors (Lipinski definition) is 2. The van der Waals surface area contributed by atoms with Crippen molar-refractivity contribution in [2.75, 3.05) is 18.4 Å². The van der Waals surface area contributed by atoms with Crippen LogP contribution in [0.3, 0.4) is 0 Å². The van der Waals surface area contributed by atoms with Crippen molar-refractivity contribution >= 4 is 11.6 Å². The first-order valence-corrected chi connectivity index (χ1v) is 6.66. The number of aromatic nitrogens is 4. The number of pyridine rings is 1. The van der Waals surface area contributed by atoms with E-state index in [9.17, 15) is 4.79 Å². The molecule has 2 N–H and O–H groups in total. The van der Waals surface area contributed by atoms with Crippen molar-refractivity contribution in [3.05, 3.63) is 31.0 Å². The van der Waals surface area contributed by atoms with E-state index in [1.807, 2.05) is 6.07 Å². The number of piperidine rings is 1. The van der Waals surface area contributed by atoms with Crippen LogP contribution in [0.1, 0.15) is 12.8 Å². The van der Waals surface area contributed by atoms with Crippen LogP contribution in [0.2, 0.25) is 0 Å². The third-order valence-electron chi connectivity index (χ3n) is 3.35. The molecular formula is C13H16N6O. The van der Waals surface area contributed by atoms with E-state index >= 15 is 0 Å². The second-order valence-electron chi connectivity index (χ2n) is 4.75. The summed E-state index contributed by atoms with van der Waals surface area (Å²) >= 11 is 0. The molecule has 3 rings (SSSR count). The Morgan fingerprint density at radius 1 is 1.50 bits per heavy atom. The topological polar surface area (TPSA) is 84.7 Å². The lowest BCUT2D eigenvalue weighted by Crippen LogP contribution is -2.37. The average molecular weight is 272 g/mol. The number of rotatable bonds is 3. The standard InChI is InChI=1S/C13H16N6O/c20-13(10-3-1-5-14-7-10)18-11-4-2-6-16-12(11)19-9-15-8-17-19/h2,4,6,8-10,14H,1,3,5,7H2,(H,18,20)/t10-/m0/s1. The van der Waals surface area contributed by atoms with Crippen molar-refractivity contribution in [3.63, 3.8) is 0 Å². The van der Waals surface area contributed by atoms with E-state index in [-0.39, 0.29) is 11.8 Å². The van der Waals surface area contributed by atoms with Gasteiger partial charge in [0.1, 0.15) is 12.7 Å². The highest BCUT2D eigenvalue weighted by atomic mass is 16.1. The van der Waals surface area contributed by atoms with E-state index in [0.717, 1.165) is 25.9 Å². The number of nitrogens with one attached hydrogen (secondary N) is 2. The maximum Gasteiger partial charge on any atom is 0.228 e. The van der Waals surface area contributed by atoms with Gasteiger partial charge in [-0.2, -0.15) is 5.10 Å². The third-order valence-corrected chi connectivity index (χ3v) is 3.35. The number of carbonyl (C=O) groups is 1. The summed E-state index contributed by atoms with van der Waals surface area (Å²) in [6.45, 7) is 1.71.